The number of hydrogen-bond acceptors (Lipinski definition) is 3. The average molecular weight is 269 g/mol. The molecule has 0 fully saturated rings. The minimum absolute atomic E-state index is 0.000342. The Kier molecular flexibility index (Phi) is 5.26. The van der Waals surface area contributed by atoms with E-state index in [0.717, 1.165) is 11.1 Å². The van der Waals surface area contributed by atoms with Gasteiger partial charge in [0.1, 0.15) is 0 Å². The number of hydrogen-bond donors (Lipinski definition) is 2. The lowest BCUT2D eigenvalue weighted by atomic mass is 10.1. The minimum Gasteiger partial charge on any atom is -0.351 e. The van der Waals surface area contributed by atoms with Gasteiger partial charge in [-0.2, -0.15) is 0 Å². The van der Waals surface area contributed by atoms with Crippen LogP contribution in [0.4, 0.5) is 0 Å². The van der Waals surface area contributed by atoms with Crippen LogP contribution >= 0.6 is 0 Å². The van der Waals surface area contributed by atoms with Crippen molar-refractivity contribution in [2.75, 3.05) is 6.54 Å². The van der Waals surface area contributed by atoms with Crippen LogP contribution in [-0.2, 0) is 17.9 Å². The van der Waals surface area contributed by atoms with Crippen molar-refractivity contribution in [3.63, 3.8) is 0 Å². The molecule has 0 bridgehead atoms. The van der Waals surface area contributed by atoms with Crippen LogP contribution in [0.1, 0.15) is 16.7 Å². The maximum absolute atomic E-state index is 11.7. The Morgan fingerprint density at radius 3 is 2.35 bits per heavy atom. The predicted octanol–water partition coefficient (Wildman–Crippen LogP) is 1.80. The van der Waals surface area contributed by atoms with E-state index in [1.165, 1.54) is 5.56 Å². The van der Waals surface area contributed by atoms with E-state index in [2.05, 4.69) is 15.6 Å². The Morgan fingerprint density at radius 1 is 1.00 bits per heavy atom. The van der Waals surface area contributed by atoms with E-state index in [0.29, 0.717) is 19.6 Å². The third-order valence-corrected chi connectivity index (χ3v) is 2.97. The van der Waals surface area contributed by atoms with Gasteiger partial charge in [0.15, 0.2) is 0 Å². The number of nitrogens with one attached hydrogen (secondary N) is 2. The molecule has 4 heteroatoms. The molecule has 2 N–H and O–H groups in total. The van der Waals surface area contributed by atoms with Crippen LogP contribution < -0.4 is 10.6 Å². The second kappa shape index (κ2) is 7.40. The zero-order chi connectivity index (χ0) is 14.2. The zero-order valence-electron chi connectivity index (χ0n) is 11.6. The number of aromatic nitrogens is 1. The lowest BCUT2D eigenvalue weighted by molar-refractivity contribution is -0.120. The van der Waals surface area contributed by atoms with Crippen LogP contribution in [0.2, 0.25) is 0 Å². The number of nitrogens with zero attached hydrogens (tertiary/aromatic N) is 1. The molecule has 104 valence electrons. The normalized spacial score (nSPS) is 10.2. The molecule has 0 aliphatic heterocycles. The summed E-state index contributed by atoms with van der Waals surface area (Å²) in [6.07, 6.45) is 3.49. The summed E-state index contributed by atoms with van der Waals surface area (Å²) in [5.41, 5.74) is 3.45. The quantitative estimate of drug-likeness (QED) is 0.840. The summed E-state index contributed by atoms with van der Waals surface area (Å²) in [6, 6.07) is 12.0. The van der Waals surface area contributed by atoms with Gasteiger partial charge < -0.3 is 10.6 Å². The van der Waals surface area contributed by atoms with Crippen molar-refractivity contribution in [3.05, 3.63) is 65.5 Å². The Morgan fingerprint density at radius 2 is 1.65 bits per heavy atom. The molecule has 0 spiro atoms. The number of benzene rings is 1. The second-order valence-corrected chi connectivity index (χ2v) is 4.72. The smallest absolute Gasteiger partial charge is 0.234 e. The molecule has 0 radical (unpaired) electrons. The maximum Gasteiger partial charge on any atom is 0.234 e. The monoisotopic (exact) mass is 269 g/mol. The summed E-state index contributed by atoms with van der Waals surface area (Å²) >= 11 is 0. The van der Waals surface area contributed by atoms with Gasteiger partial charge in [0.25, 0.3) is 0 Å². The van der Waals surface area contributed by atoms with E-state index >= 15 is 0 Å². The molecule has 1 aromatic heterocycles. The first kappa shape index (κ1) is 14.2. The summed E-state index contributed by atoms with van der Waals surface area (Å²) in [7, 11) is 0. The van der Waals surface area contributed by atoms with Crippen molar-refractivity contribution in [3.8, 4) is 0 Å². The molecule has 0 aliphatic carbocycles. The van der Waals surface area contributed by atoms with Crippen molar-refractivity contribution in [2.24, 2.45) is 0 Å². The zero-order valence-corrected chi connectivity index (χ0v) is 11.6. The molecule has 0 unspecified atom stereocenters. The number of amides is 1. The molecule has 1 aromatic carbocycles. The van der Waals surface area contributed by atoms with Crippen molar-refractivity contribution in [2.45, 2.75) is 20.0 Å². The number of pyridine rings is 1. The molecule has 4 nitrogen and oxygen atoms in total. The molecule has 2 aromatic rings. The van der Waals surface area contributed by atoms with Gasteiger partial charge in [-0.15, -0.1) is 0 Å². The van der Waals surface area contributed by atoms with Crippen LogP contribution in [0, 0.1) is 6.92 Å². The summed E-state index contributed by atoms with van der Waals surface area (Å²) in [4.78, 5) is 15.6. The van der Waals surface area contributed by atoms with Gasteiger partial charge in [0.05, 0.1) is 6.54 Å². The van der Waals surface area contributed by atoms with Crippen LogP contribution in [0.3, 0.4) is 0 Å². The molecule has 1 amide bonds. The van der Waals surface area contributed by atoms with Crippen LogP contribution in [0.25, 0.3) is 0 Å². The highest BCUT2D eigenvalue weighted by molar-refractivity contribution is 5.77. The predicted molar refractivity (Wildman–Crippen MR) is 79.0 cm³/mol. The van der Waals surface area contributed by atoms with Gasteiger partial charge in [-0.25, -0.2) is 0 Å². The first-order chi connectivity index (χ1) is 9.74. The van der Waals surface area contributed by atoms with E-state index in [9.17, 15) is 4.79 Å². The summed E-state index contributed by atoms with van der Waals surface area (Å²) in [5.74, 6) is -0.000342. The Labute approximate surface area is 119 Å². The molecular formula is C16H19N3O. The van der Waals surface area contributed by atoms with Gasteiger partial charge in [0.2, 0.25) is 5.91 Å². The maximum atomic E-state index is 11.7. The van der Waals surface area contributed by atoms with Gasteiger partial charge in [-0.05, 0) is 30.2 Å². The first-order valence-corrected chi connectivity index (χ1v) is 6.66. The number of carbonyl (C=O) groups is 1. The average Bonchev–Trinajstić information content (AvgIpc) is 2.48. The van der Waals surface area contributed by atoms with Crippen LogP contribution in [0.15, 0.2) is 48.8 Å². The van der Waals surface area contributed by atoms with Crippen LogP contribution in [0.5, 0.6) is 0 Å². The topological polar surface area (TPSA) is 54.0 Å². The molecule has 0 atom stereocenters. The third-order valence-electron chi connectivity index (χ3n) is 2.97. The van der Waals surface area contributed by atoms with E-state index < -0.39 is 0 Å². The minimum atomic E-state index is -0.000342. The molecule has 1 heterocycles. The highest BCUT2D eigenvalue weighted by atomic mass is 16.1. The molecule has 0 saturated heterocycles. The van der Waals surface area contributed by atoms with E-state index in [-0.39, 0.29) is 5.91 Å². The van der Waals surface area contributed by atoms with Crippen LogP contribution in [-0.4, -0.2) is 17.4 Å². The molecule has 2 rings (SSSR count). The fraction of sp³-hybridized carbons (Fsp3) is 0.250. The number of carbonyl (C=O) groups excluding carboxylic acids is 1. The van der Waals surface area contributed by atoms with Crippen molar-refractivity contribution < 1.29 is 4.79 Å². The van der Waals surface area contributed by atoms with Crippen molar-refractivity contribution in [1.82, 2.24) is 15.6 Å². The Balaban J connectivity index is 1.67. The van der Waals surface area contributed by atoms with Gasteiger partial charge in [0, 0.05) is 25.5 Å². The van der Waals surface area contributed by atoms with Gasteiger partial charge >= 0.3 is 0 Å². The highest BCUT2D eigenvalue weighted by Gasteiger charge is 2.01. The lowest BCUT2D eigenvalue weighted by Crippen LogP contribution is -2.33. The van der Waals surface area contributed by atoms with Crippen molar-refractivity contribution in [1.29, 1.82) is 0 Å². The first-order valence-electron chi connectivity index (χ1n) is 6.66. The summed E-state index contributed by atoms with van der Waals surface area (Å²) in [5, 5.41) is 6.00. The van der Waals surface area contributed by atoms with Gasteiger partial charge in [-0.1, -0.05) is 29.8 Å². The van der Waals surface area contributed by atoms with E-state index in [1.54, 1.807) is 12.4 Å². The summed E-state index contributed by atoms with van der Waals surface area (Å²) in [6.45, 7) is 3.59. The lowest BCUT2D eigenvalue weighted by Gasteiger charge is -2.07. The fourth-order valence-corrected chi connectivity index (χ4v) is 1.79. The Bertz CT molecular complexity index is 537. The second-order valence-electron chi connectivity index (χ2n) is 4.72. The Hall–Kier alpha value is -2.20. The summed E-state index contributed by atoms with van der Waals surface area (Å²) < 4.78 is 0. The van der Waals surface area contributed by atoms with Crippen molar-refractivity contribution >= 4 is 5.91 Å². The van der Waals surface area contributed by atoms with Gasteiger partial charge in [-0.3, -0.25) is 9.78 Å². The van der Waals surface area contributed by atoms with E-state index in [1.807, 2.05) is 43.3 Å². The SMILES string of the molecule is Cc1ccc(CNC(=O)CNCc2ccncc2)cc1. The highest BCUT2D eigenvalue weighted by Crippen LogP contribution is 2.02. The largest absolute Gasteiger partial charge is 0.351 e. The van der Waals surface area contributed by atoms with E-state index in [4.69, 9.17) is 0 Å². The molecular weight excluding hydrogens is 250 g/mol. The third kappa shape index (κ3) is 4.82. The molecule has 0 saturated carbocycles. The standard InChI is InChI=1S/C16H19N3O/c1-13-2-4-14(5-3-13)11-19-16(20)12-18-10-15-6-8-17-9-7-15/h2-9,18H,10-12H2,1H3,(H,19,20). The number of aryl methyl sites for hydroxylation is 1. The molecule has 20 heavy (non-hydrogen) atoms. The number of rotatable bonds is 6. The molecule has 0 aliphatic rings. The fourth-order valence-electron chi connectivity index (χ4n) is 1.79.